The lowest BCUT2D eigenvalue weighted by Crippen LogP contribution is -2.13. The van der Waals surface area contributed by atoms with E-state index in [4.69, 9.17) is 16.7 Å². The molecule has 5 rings (SSSR count). The number of pyridine rings is 2. The van der Waals surface area contributed by atoms with Gasteiger partial charge in [0, 0.05) is 42.4 Å². The smallest absolute Gasteiger partial charge is 0.255 e. The number of nitrogens with one attached hydrogen (secondary N) is 2. The summed E-state index contributed by atoms with van der Waals surface area (Å²) in [7, 11) is 0. The van der Waals surface area contributed by atoms with E-state index >= 15 is 0 Å². The molecule has 1 unspecified atom stereocenters. The first-order valence-electron chi connectivity index (χ1n) is 11.5. The fraction of sp³-hybridized carbons (Fsp3) is 0.231. The van der Waals surface area contributed by atoms with Crippen LogP contribution in [0, 0.1) is 6.92 Å². The van der Waals surface area contributed by atoms with Gasteiger partial charge in [-0.2, -0.15) is 5.10 Å². The lowest BCUT2D eigenvalue weighted by Gasteiger charge is -2.19. The predicted octanol–water partition coefficient (Wildman–Crippen LogP) is 5.82. The lowest BCUT2D eigenvalue weighted by molar-refractivity contribution is 0.102. The second-order valence-electron chi connectivity index (χ2n) is 8.19. The summed E-state index contributed by atoms with van der Waals surface area (Å²) in [5, 5.41) is 11.7. The topological polar surface area (TPSA) is 84.7 Å². The highest BCUT2D eigenvalue weighted by molar-refractivity contribution is 7.99. The van der Waals surface area contributed by atoms with Gasteiger partial charge < -0.3 is 10.6 Å². The number of rotatable bonds is 5. The first kappa shape index (κ1) is 23.4. The maximum atomic E-state index is 12.9. The summed E-state index contributed by atoms with van der Waals surface area (Å²) in [6.45, 7) is 5.76. The van der Waals surface area contributed by atoms with E-state index < -0.39 is 0 Å². The third kappa shape index (κ3) is 4.63. The number of carbonyl (C=O) groups is 1. The van der Waals surface area contributed by atoms with Gasteiger partial charge in [0.1, 0.15) is 11.5 Å². The van der Waals surface area contributed by atoms with Crippen LogP contribution in [-0.2, 0) is 6.54 Å². The number of aryl methyl sites for hydroxylation is 2. The SMILES string of the molecule is CCn1nc(-c2ccccn2)c2c1NCCSC2c1ccc(C(=O)Nc2cccnc2Cl)cc1C. The number of thioether (sulfide) groups is 1. The average Bonchev–Trinajstić information content (AvgIpc) is 3.11. The van der Waals surface area contributed by atoms with E-state index in [2.05, 4.69) is 27.5 Å². The van der Waals surface area contributed by atoms with Crippen molar-refractivity contribution in [2.75, 3.05) is 22.9 Å². The van der Waals surface area contributed by atoms with Gasteiger partial charge in [-0.05, 0) is 61.4 Å². The molecule has 1 aromatic carbocycles. The van der Waals surface area contributed by atoms with Gasteiger partial charge in [-0.15, -0.1) is 11.8 Å². The Labute approximate surface area is 213 Å². The van der Waals surface area contributed by atoms with Crippen molar-refractivity contribution in [1.29, 1.82) is 0 Å². The van der Waals surface area contributed by atoms with Crippen LogP contribution >= 0.6 is 23.4 Å². The Kier molecular flexibility index (Phi) is 6.74. The second kappa shape index (κ2) is 10.1. The highest BCUT2D eigenvalue weighted by Gasteiger charge is 2.31. The zero-order chi connectivity index (χ0) is 24.4. The van der Waals surface area contributed by atoms with Gasteiger partial charge in [0.05, 0.1) is 16.6 Å². The van der Waals surface area contributed by atoms with Crippen LogP contribution in [0.5, 0.6) is 0 Å². The Morgan fingerprint density at radius 2 is 2.06 bits per heavy atom. The summed E-state index contributed by atoms with van der Waals surface area (Å²) in [4.78, 5) is 21.5. The van der Waals surface area contributed by atoms with Crippen LogP contribution in [0.3, 0.4) is 0 Å². The summed E-state index contributed by atoms with van der Waals surface area (Å²) in [5.74, 6) is 1.76. The molecular weight excluding hydrogens is 480 g/mol. The van der Waals surface area contributed by atoms with Gasteiger partial charge in [-0.3, -0.25) is 9.78 Å². The quantitative estimate of drug-likeness (QED) is 0.333. The van der Waals surface area contributed by atoms with Crippen LogP contribution in [0.1, 0.15) is 39.2 Å². The molecule has 3 aromatic heterocycles. The lowest BCUT2D eigenvalue weighted by atomic mass is 9.96. The Morgan fingerprint density at radius 1 is 1.20 bits per heavy atom. The Morgan fingerprint density at radius 3 is 2.80 bits per heavy atom. The molecule has 9 heteroatoms. The van der Waals surface area contributed by atoms with Gasteiger partial charge in [0.25, 0.3) is 5.91 Å². The number of fused-ring (bicyclic) bond motifs is 1. The molecule has 0 saturated carbocycles. The summed E-state index contributed by atoms with van der Waals surface area (Å²) >= 11 is 7.98. The fourth-order valence-corrected chi connectivity index (χ4v) is 5.75. The molecule has 1 amide bonds. The third-order valence-corrected chi connectivity index (χ3v) is 7.52. The molecule has 0 radical (unpaired) electrons. The summed E-state index contributed by atoms with van der Waals surface area (Å²) in [6, 6.07) is 15.2. The third-order valence-electron chi connectivity index (χ3n) is 5.96. The van der Waals surface area contributed by atoms with E-state index in [9.17, 15) is 4.79 Å². The van der Waals surface area contributed by atoms with Gasteiger partial charge >= 0.3 is 0 Å². The van der Waals surface area contributed by atoms with Crippen molar-refractivity contribution in [2.24, 2.45) is 0 Å². The molecule has 0 saturated heterocycles. The van der Waals surface area contributed by atoms with E-state index in [-0.39, 0.29) is 16.3 Å². The van der Waals surface area contributed by atoms with E-state index in [1.807, 2.05) is 59.8 Å². The molecular formula is C26H25ClN6OS. The standard InChI is InChI=1S/C26H25ClN6OS/c1-3-33-25-21(22(32-33)19-7-4-5-11-28-19)23(35-14-13-30-25)18-10-9-17(15-16(18)2)26(34)31-20-8-6-12-29-24(20)27/h4-12,15,23,30H,3,13-14H2,1-2H3,(H,31,34). The van der Waals surface area contributed by atoms with Crippen LogP contribution in [0.15, 0.2) is 60.9 Å². The monoisotopic (exact) mass is 504 g/mol. The van der Waals surface area contributed by atoms with Crippen LogP contribution in [0.4, 0.5) is 11.5 Å². The van der Waals surface area contributed by atoms with E-state index in [0.29, 0.717) is 11.3 Å². The number of hydrogen-bond acceptors (Lipinski definition) is 6. The number of aromatic nitrogens is 4. The largest absolute Gasteiger partial charge is 0.369 e. The molecule has 4 heterocycles. The molecule has 178 valence electrons. The number of amides is 1. The van der Waals surface area contributed by atoms with Crippen molar-refractivity contribution in [1.82, 2.24) is 19.7 Å². The minimum absolute atomic E-state index is 0.0576. The molecule has 4 aromatic rings. The van der Waals surface area contributed by atoms with Crippen LogP contribution in [0.25, 0.3) is 11.4 Å². The van der Waals surface area contributed by atoms with Crippen LogP contribution in [-0.4, -0.2) is 38.0 Å². The molecule has 1 aliphatic heterocycles. The molecule has 0 fully saturated rings. The number of carbonyl (C=O) groups excluding carboxylic acids is 1. The zero-order valence-corrected chi connectivity index (χ0v) is 21.0. The highest BCUT2D eigenvalue weighted by Crippen LogP contribution is 2.46. The number of halogens is 1. The van der Waals surface area contributed by atoms with E-state index in [0.717, 1.165) is 52.7 Å². The van der Waals surface area contributed by atoms with Crippen molar-refractivity contribution in [3.63, 3.8) is 0 Å². The number of nitrogens with zero attached hydrogens (tertiary/aromatic N) is 4. The van der Waals surface area contributed by atoms with Crippen molar-refractivity contribution < 1.29 is 4.79 Å². The Balaban J connectivity index is 1.53. The van der Waals surface area contributed by atoms with Crippen LogP contribution < -0.4 is 10.6 Å². The van der Waals surface area contributed by atoms with Crippen molar-refractivity contribution in [3.8, 4) is 11.4 Å². The average molecular weight is 505 g/mol. The molecule has 1 aliphatic rings. The zero-order valence-electron chi connectivity index (χ0n) is 19.5. The molecule has 0 bridgehead atoms. The summed E-state index contributed by atoms with van der Waals surface area (Å²) < 4.78 is 2.02. The van der Waals surface area contributed by atoms with Crippen molar-refractivity contribution >= 4 is 40.8 Å². The molecule has 1 atom stereocenters. The Bertz CT molecular complexity index is 1370. The molecule has 0 aliphatic carbocycles. The second-order valence-corrected chi connectivity index (χ2v) is 9.76. The fourth-order valence-electron chi connectivity index (χ4n) is 4.29. The molecule has 35 heavy (non-hydrogen) atoms. The highest BCUT2D eigenvalue weighted by atomic mass is 35.5. The number of benzene rings is 1. The molecule has 0 spiro atoms. The van der Waals surface area contributed by atoms with Gasteiger partial charge in [0.2, 0.25) is 0 Å². The summed E-state index contributed by atoms with van der Waals surface area (Å²) in [6.07, 6.45) is 3.39. The maximum absolute atomic E-state index is 12.9. The normalized spacial score (nSPS) is 15.1. The van der Waals surface area contributed by atoms with Gasteiger partial charge in [-0.1, -0.05) is 23.7 Å². The van der Waals surface area contributed by atoms with Gasteiger partial charge in [0.15, 0.2) is 5.15 Å². The number of anilines is 2. The Hall–Kier alpha value is -3.36. The predicted molar refractivity (Wildman–Crippen MR) is 142 cm³/mol. The maximum Gasteiger partial charge on any atom is 0.255 e. The minimum Gasteiger partial charge on any atom is -0.369 e. The van der Waals surface area contributed by atoms with E-state index in [1.165, 1.54) is 0 Å². The van der Waals surface area contributed by atoms with Gasteiger partial charge in [-0.25, -0.2) is 9.67 Å². The number of hydrogen-bond donors (Lipinski definition) is 2. The summed E-state index contributed by atoms with van der Waals surface area (Å²) in [5.41, 5.74) is 6.13. The van der Waals surface area contributed by atoms with E-state index in [1.54, 1.807) is 24.5 Å². The van der Waals surface area contributed by atoms with Crippen molar-refractivity contribution in [3.05, 3.63) is 88.3 Å². The molecule has 7 nitrogen and oxygen atoms in total. The van der Waals surface area contributed by atoms with Crippen LogP contribution in [0.2, 0.25) is 5.15 Å². The minimum atomic E-state index is -0.224. The first-order chi connectivity index (χ1) is 17.1. The molecule has 2 N–H and O–H groups in total. The first-order valence-corrected chi connectivity index (χ1v) is 12.9. The van der Waals surface area contributed by atoms with Crippen molar-refractivity contribution in [2.45, 2.75) is 25.6 Å².